The van der Waals surface area contributed by atoms with Gasteiger partial charge in [-0.25, -0.2) is 4.98 Å². The summed E-state index contributed by atoms with van der Waals surface area (Å²) < 4.78 is 3.41. The third kappa shape index (κ3) is 3.18. The third-order valence-electron chi connectivity index (χ3n) is 3.17. The average Bonchev–Trinajstić information content (AvgIpc) is 2.96. The van der Waals surface area contributed by atoms with E-state index >= 15 is 0 Å². The van der Waals surface area contributed by atoms with Crippen LogP contribution in [0.3, 0.4) is 0 Å². The minimum atomic E-state index is -0.0503. The quantitative estimate of drug-likeness (QED) is 0.836. The van der Waals surface area contributed by atoms with E-state index in [1.54, 1.807) is 15.7 Å². The summed E-state index contributed by atoms with van der Waals surface area (Å²) >= 11 is 0. The van der Waals surface area contributed by atoms with Crippen molar-refractivity contribution < 1.29 is 4.79 Å². The van der Waals surface area contributed by atoms with Gasteiger partial charge in [-0.05, 0) is 26.3 Å². The molecule has 0 radical (unpaired) electrons. The molecule has 0 aliphatic heterocycles. The van der Waals surface area contributed by atoms with E-state index in [0.717, 1.165) is 17.0 Å². The second kappa shape index (κ2) is 5.64. The molecule has 2 rings (SSSR count). The molecule has 1 N–H and O–H groups in total. The van der Waals surface area contributed by atoms with E-state index in [1.165, 1.54) is 6.33 Å². The van der Waals surface area contributed by atoms with E-state index in [4.69, 9.17) is 0 Å². The molecule has 2 aromatic rings. The van der Waals surface area contributed by atoms with Crippen molar-refractivity contribution >= 4 is 5.91 Å². The molecule has 0 bridgehead atoms. The van der Waals surface area contributed by atoms with Gasteiger partial charge in [-0.15, -0.1) is 0 Å². The number of rotatable bonds is 5. The first kappa shape index (κ1) is 13.3. The molecule has 0 fully saturated rings. The molecule has 2 aromatic heterocycles. The number of aromatic nitrogens is 5. The van der Waals surface area contributed by atoms with Crippen LogP contribution < -0.4 is 5.32 Å². The van der Waals surface area contributed by atoms with Crippen molar-refractivity contribution in [3.05, 3.63) is 29.6 Å². The normalized spacial score (nSPS) is 10.7. The molecule has 1 amide bonds. The van der Waals surface area contributed by atoms with Crippen LogP contribution in [0.2, 0.25) is 0 Å². The lowest BCUT2D eigenvalue weighted by atomic mass is 10.2. The zero-order valence-electron chi connectivity index (χ0n) is 11.4. The summed E-state index contributed by atoms with van der Waals surface area (Å²) in [4.78, 5) is 15.6. The molecule has 19 heavy (non-hydrogen) atoms. The minimum absolute atomic E-state index is 0.0503. The van der Waals surface area contributed by atoms with Gasteiger partial charge in [0.2, 0.25) is 5.91 Å². The van der Waals surface area contributed by atoms with E-state index in [1.807, 2.05) is 20.8 Å². The maximum absolute atomic E-state index is 11.8. The van der Waals surface area contributed by atoms with Gasteiger partial charge in [0.1, 0.15) is 19.2 Å². The smallest absolute Gasteiger partial charge is 0.241 e. The Hall–Kier alpha value is -2.18. The Morgan fingerprint density at radius 3 is 2.74 bits per heavy atom. The number of nitrogens with zero attached hydrogens (tertiary/aromatic N) is 5. The van der Waals surface area contributed by atoms with Crippen LogP contribution in [0.15, 0.2) is 12.7 Å². The molecule has 7 nitrogen and oxygen atoms in total. The molecular weight excluding hydrogens is 244 g/mol. The Morgan fingerprint density at radius 1 is 1.37 bits per heavy atom. The number of nitrogens with one attached hydrogen (secondary N) is 1. The van der Waals surface area contributed by atoms with E-state index < -0.39 is 0 Å². The lowest BCUT2D eigenvalue weighted by molar-refractivity contribution is -0.121. The fourth-order valence-corrected chi connectivity index (χ4v) is 1.79. The fourth-order valence-electron chi connectivity index (χ4n) is 1.79. The fraction of sp³-hybridized carbons (Fsp3) is 0.500. The van der Waals surface area contributed by atoms with E-state index in [0.29, 0.717) is 13.1 Å². The molecule has 0 aromatic carbocycles. The van der Waals surface area contributed by atoms with Crippen molar-refractivity contribution in [1.82, 2.24) is 29.9 Å². The van der Waals surface area contributed by atoms with Crippen LogP contribution in [0.1, 0.15) is 17.0 Å². The number of amides is 1. The summed E-state index contributed by atoms with van der Waals surface area (Å²) in [6.07, 6.45) is 3.09. The van der Waals surface area contributed by atoms with Gasteiger partial charge in [0.05, 0.1) is 12.2 Å². The highest BCUT2D eigenvalue weighted by molar-refractivity contribution is 5.75. The van der Waals surface area contributed by atoms with Crippen LogP contribution in [0.25, 0.3) is 0 Å². The van der Waals surface area contributed by atoms with Gasteiger partial charge in [0, 0.05) is 12.2 Å². The molecule has 0 saturated carbocycles. The lowest BCUT2D eigenvalue weighted by Crippen LogP contribution is -2.31. The number of carbonyl (C=O) groups is 1. The SMILES string of the molecule is Cc1nn(CC(=O)NCCn2cncn2)c(C)c1C. The lowest BCUT2D eigenvalue weighted by Gasteiger charge is -2.06. The van der Waals surface area contributed by atoms with Crippen molar-refractivity contribution in [1.29, 1.82) is 0 Å². The summed E-state index contributed by atoms with van der Waals surface area (Å²) in [5.41, 5.74) is 3.13. The largest absolute Gasteiger partial charge is 0.353 e. The first-order valence-electron chi connectivity index (χ1n) is 6.17. The number of hydrogen-bond acceptors (Lipinski definition) is 4. The molecule has 0 saturated heterocycles. The highest BCUT2D eigenvalue weighted by Gasteiger charge is 2.10. The zero-order chi connectivity index (χ0) is 13.8. The first-order valence-corrected chi connectivity index (χ1v) is 6.17. The second-order valence-corrected chi connectivity index (χ2v) is 4.46. The monoisotopic (exact) mass is 262 g/mol. The Morgan fingerprint density at radius 2 is 2.16 bits per heavy atom. The number of carbonyl (C=O) groups excluding carboxylic acids is 1. The standard InChI is InChI=1S/C12H18N6O/c1-9-10(2)16-18(11(9)3)6-12(19)14-4-5-17-8-13-7-15-17/h7-8H,4-6H2,1-3H3,(H,14,19). The van der Waals surface area contributed by atoms with Crippen molar-refractivity contribution in [2.45, 2.75) is 33.9 Å². The van der Waals surface area contributed by atoms with Crippen molar-refractivity contribution in [2.24, 2.45) is 0 Å². The number of aryl methyl sites for hydroxylation is 1. The minimum Gasteiger partial charge on any atom is -0.353 e. The maximum Gasteiger partial charge on any atom is 0.241 e. The summed E-state index contributed by atoms with van der Waals surface area (Å²) in [7, 11) is 0. The van der Waals surface area contributed by atoms with Crippen LogP contribution in [-0.2, 0) is 17.9 Å². The maximum atomic E-state index is 11.8. The molecule has 7 heteroatoms. The summed E-state index contributed by atoms with van der Waals surface area (Å²) in [6.45, 7) is 7.32. The second-order valence-electron chi connectivity index (χ2n) is 4.46. The van der Waals surface area contributed by atoms with Crippen molar-refractivity contribution in [3.8, 4) is 0 Å². The summed E-state index contributed by atoms with van der Waals surface area (Å²) in [5.74, 6) is -0.0503. The van der Waals surface area contributed by atoms with E-state index in [2.05, 4.69) is 20.5 Å². The molecule has 0 aliphatic carbocycles. The first-order chi connectivity index (χ1) is 9.08. The molecule has 2 heterocycles. The Kier molecular flexibility index (Phi) is 3.94. The van der Waals surface area contributed by atoms with Gasteiger partial charge in [-0.1, -0.05) is 0 Å². The molecule has 0 unspecified atom stereocenters. The van der Waals surface area contributed by atoms with Crippen LogP contribution in [0.4, 0.5) is 0 Å². The topological polar surface area (TPSA) is 77.6 Å². The third-order valence-corrected chi connectivity index (χ3v) is 3.17. The predicted molar refractivity (Wildman–Crippen MR) is 69.5 cm³/mol. The highest BCUT2D eigenvalue weighted by Crippen LogP contribution is 2.10. The van der Waals surface area contributed by atoms with Gasteiger partial charge in [0.15, 0.2) is 0 Å². The highest BCUT2D eigenvalue weighted by atomic mass is 16.2. The Bertz CT molecular complexity index is 557. The van der Waals surface area contributed by atoms with Gasteiger partial charge >= 0.3 is 0 Å². The van der Waals surface area contributed by atoms with Crippen LogP contribution in [0, 0.1) is 20.8 Å². The van der Waals surface area contributed by atoms with E-state index in [-0.39, 0.29) is 12.5 Å². The van der Waals surface area contributed by atoms with Gasteiger partial charge in [0.25, 0.3) is 0 Å². The van der Waals surface area contributed by atoms with Crippen LogP contribution in [0.5, 0.6) is 0 Å². The van der Waals surface area contributed by atoms with Gasteiger partial charge in [-0.2, -0.15) is 10.2 Å². The van der Waals surface area contributed by atoms with Crippen molar-refractivity contribution in [2.75, 3.05) is 6.54 Å². The van der Waals surface area contributed by atoms with E-state index in [9.17, 15) is 4.79 Å². The molecule has 0 spiro atoms. The number of hydrogen-bond donors (Lipinski definition) is 1. The molecule has 0 atom stereocenters. The molecular formula is C12H18N6O. The zero-order valence-corrected chi connectivity index (χ0v) is 11.4. The van der Waals surface area contributed by atoms with Crippen molar-refractivity contribution in [3.63, 3.8) is 0 Å². The predicted octanol–water partition coefficient (Wildman–Crippen LogP) is 0.216. The summed E-state index contributed by atoms with van der Waals surface area (Å²) in [6, 6.07) is 0. The van der Waals surface area contributed by atoms with Crippen LogP contribution >= 0.6 is 0 Å². The van der Waals surface area contributed by atoms with Gasteiger partial charge < -0.3 is 5.32 Å². The molecule has 0 aliphatic rings. The Labute approximate surface area is 111 Å². The summed E-state index contributed by atoms with van der Waals surface area (Å²) in [5, 5.41) is 11.1. The molecule has 102 valence electrons. The van der Waals surface area contributed by atoms with Gasteiger partial charge in [-0.3, -0.25) is 14.2 Å². The van der Waals surface area contributed by atoms with Crippen LogP contribution in [-0.4, -0.2) is 37.0 Å². The average molecular weight is 262 g/mol. The Balaban J connectivity index is 1.82.